The summed E-state index contributed by atoms with van der Waals surface area (Å²) >= 11 is 1.41. The fourth-order valence-corrected chi connectivity index (χ4v) is 3.72. The number of carbonyl (C=O) groups excluding carboxylic acids is 1. The van der Waals surface area contributed by atoms with Crippen molar-refractivity contribution in [2.45, 2.75) is 14.7 Å². The number of amides is 1. The second-order valence-electron chi connectivity index (χ2n) is 4.48. The Morgan fingerprint density at radius 1 is 1.14 bits per heavy atom. The molecule has 1 heterocycles. The van der Waals surface area contributed by atoms with Crippen LogP contribution in [0.4, 0.5) is 16.2 Å². The molecule has 0 aromatic heterocycles. The summed E-state index contributed by atoms with van der Waals surface area (Å²) in [7, 11) is -3.11. The first-order valence-corrected chi connectivity index (χ1v) is 8.44. The number of nitrogens with zero attached hydrogens (tertiary/aromatic N) is 1. The standard InChI is InChI=1S/C14H11NO5S2/c1-20-14(16)15-10-4-2-3-5-12(10)21-13-7-6-9(8-11(13)15)22(17,18)19/h2-8H,1H3,(H,17,18,19). The SMILES string of the molecule is COC(=O)N1c2ccccc2Sc2ccc(S(=O)(=O)O)cc21. The monoisotopic (exact) mass is 337 g/mol. The molecule has 0 bridgehead atoms. The average Bonchev–Trinajstić information content (AvgIpc) is 2.50. The van der Waals surface area contributed by atoms with Crippen LogP contribution in [0.25, 0.3) is 0 Å². The van der Waals surface area contributed by atoms with E-state index in [9.17, 15) is 17.8 Å². The topological polar surface area (TPSA) is 83.9 Å². The molecule has 8 heteroatoms. The van der Waals surface area contributed by atoms with E-state index >= 15 is 0 Å². The molecule has 3 rings (SSSR count). The highest BCUT2D eigenvalue weighted by Crippen LogP contribution is 2.48. The summed E-state index contributed by atoms with van der Waals surface area (Å²) in [6.45, 7) is 0. The molecular weight excluding hydrogens is 326 g/mol. The van der Waals surface area contributed by atoms with Crippen molar-refractivity contribution in [2.24, 2.45) is 0 Å². The van der Waals surface area contributed by atoms with Gasteiger partial charge >= 0.3 is 6.09 Å². The number of para-hydroxylation sites is 1. The summed E-state index contributed by atoms with van der Waals surface area (Å²) in [4.78, 5) is 14.7. The van der Waals surface area contributed by atoms with E-state index in [1.54, 1.807) is 18.2 Å². The fraction of sp³-hybridized carbons (Fsp3) is 0.0714. The van der Waals surface area contributed by atoms with Crippen molar-refractivity contribution in [3.63, 3.8) is 0 Å². The zero-order valence-electron chi connectivity index (χ0n) is 11.4. The Hall–Kier alpha value is -2.03. The molecule has 1 aliphatic rings. The third-order valence-corrected chi connectivity index (χ3v) is 5.13. The van der Waals surface area contributed by atoms with Crippen molar-refractivity contribution < 1.29 is 22.5 Å². The molecular formula is C14H11NO5S2. The number of rotatable bonds is 1. The third kappa shape index (κ3) is 2.45. The third-order valence-electron chi connectivity index (χ3n) is 3.15. The van der Waals surface area contributed by atoms with Gasteiger partial charge in [-0.25, -0.2) is 9.69 Å². The van der Waals surface area contributed by atoms with Gasteiger partial charge in [0.1, 0.15) is 0 Å². The second-order valence-corrected chi connectivity index (χ2v) is 6.99. The van der Waals surface area contributed by atoms with Crippen LogP contribution in [0.5, 0.6) is 0 Å². The summed E-state index contributed by atoms with van der Waals surface area (Å²) in [5, 5.41) is 0. The molecule has 0 radical (unpaired) electrons. The van der Waals surface area contributed by atoms with Crippen LogP contribution in [-0.4, -0.2) is 26.2 Å². The predicted octanol–water partition coefficient (Wildman–Crippen LogP) is 3.30. The van der Waals surface area contributed by atoms with E-state index in [4.69, 9.17) is 4.74 Å². The van der Waals surface area contributed by atoms with Crippen molar-refractivity contribution in [1.82, 2.24) is 0 Å². The second kappa shape index (κ2) is 5.31. The van der Waals surface area contributed by atoms with Gasteiger partial charge in [0, 0.05) is 9.79 Å². The van der Waals surface area contributed by atoms with Crippen molar-refractivity contribution in [1.29, 1.82) is 0 Å². The molecule has 2 aromatic carbocycles. The largest absolute Gasteiger partial charge is 0.452 e. The van der Waals surface area contributed by atoms with Gasteiger partial charge < -0.3 is 4.74 Å². The molecule has 0 atom stereocenters. The zero-order valence-corrected chi connectivity index (χ0v) is 13.0. The minimum Gasteiger partial charge on any atom is -0.452 e. The molecule has 1 amide bonds. The van der Waals surface area contributed by atoms with E-state index in [1.165, 1.54) is 35.9 Å². The molecule has 6 nitrogen and oxygen atoms in total. The Morgan fingerprint density at radius 3 is 2.50 bits per heavy atom. The summed E-state index contributed by atoms with van der Waals surface area (Å²) in [5.41, 5.74) is 0.949. The molecule has 1 aliphatic heterocycles. The van der Waals surface area contributed by atoms with E-state index < -0.39 is 16.2 Å². The molecule has 2 aromatic rings. The van der Waals surface area contributed by atoms with Crippen molar-refractivity contribution in [3.8, 4) is 0 Å². The van der Waals surface area contributed by atoms with Crippen molar-refractivity contribution >= 4 is 39.3 Å². The van der Waals surface area contributed by atoms with E-state index in [0.29, 0.717) is 16.3 Å². The average molecular weight is 337 g/mol. The smallest absolute Gasteiger partial charge is 0.418 e. The molecule has 0 unspecified atom stereocenters. The van der Waals surface area contributed by atoms with Gasteiger partial charge in [-0.3, -0.25) is 4.55 Å². The number of benzene rings is 2. The van der Waals surface area contributed by atoms with Crippen LogP contribution in [0.2, 0.25) is 0 Å². The lowest BCUT2D eigenvalue weighted by atomic mass is 10.2. The maximum Gasteiger partial charge on any atom is 0.418 e. The van der Waals surface area contributed by atoms with Gasteiger partial charge in [-0.05, 0) is 30.3 Å². The molecule has 0 saturated heterocycles. The number of anilines is 2. The molecule has 0 spiro atoms. The van der Waals surface area contributed by atoms with Crippen LogP contribution in [0, 0.1) is 0 Å². The number of methoxy groups -OCH3 is 1. The summed E-state index contributed by atoms with van der Waals surface area (Å²) in [5.74, 6) is 0. The first kappa shape index (κ1) is 14.9. The quantitative estimate of drug-likeness (QED) is 0.804. The lowest BCUT2D eigenvalue weighted by Crippen LogP contribution is -2.28. The molecule has 1 N–H and O–H groups in total. The Labute approximate surface area is 131 Å². The number of ether oxygens (including phenoxy) is 1. The van der Waals surface area contributed by atoms with Gasteiger partial charge in [-0.1, -0.05) is 23.9 Å². The van der Waals surface area contributed by atoms with Crippen molar-refractivity contribution in [2.75, 3.05) is 12.0 Å². The Balaban J connectivity index is 2.24. The van der Waals surface area contributed by atoms with Gasteiger partial charge in [0.15, 0.2) is 0 Å². The van der Waals surface area contributed by atoms with Crippen LogP contribution in [-0.2, 0) is 14.9 Å². The summed E-state index contributed by atoms with van der Waals surface area (Å²) in [6.07, 6.45) is -0.638. The number of fused-ring (bicyclic) bond motifs is 2. The highest BCUT2D eigenvalue weighted by atomic mass is 32.2. The maximum atomic E-state index is 12.1. The van der Waals surface area contributed by atoms with Crippen LogP contribution in [0.3, 0.4) is 0 Å². The minimum atomic E-state index is -4.36. The molecule has 114 valence electrons. The molecule has 22 heavy (non-hydrogen) atoms. The van der Waals surface area contributed by atoms with Crippen molar-refractivity contribution in [3.05, 3.63) is 42.5 Å². The number of hydrogen-bond donors (Lipinski definition) is 1. The van der Waals surface area contributed by atoms with Gasteiger partial charge in [-0.2, -0.15) is 8.42 Å². The van der Waals surface area contributed by atoms with Crippen LogP contribution >= 0.6 is 11.8 Å². The summed E-state index contributed by atoms with van der Waals surface area (Å²) in [6, 6.07) is 11.3. The molecule has 0 saturated carbocycles. The highest BCUT2D eigenvalue weighted by molar-refractivity contribution is 7.99. The minimum absolute atomic E-state index is 0.278. The normalized spacial score (nSPS) is 13.3. The number of hydrogen-bond acceptors (Lipinski definition) is 5. The Morgan fingerprint density at radius 2 is 1.82 bits per heavy atom. The zero-order chi connectivity index (χ0) is 15.9. The highest BCUT2D eigenvalue weighted by Gasteiger charge is 2.30. The number of carbonyl (C=O) groups is 1. The van der Waals surface area contributed by atoms with Gasteiger partial charge in [-0.15, -0.1) is 0 Å². The van der Waals surface area contributed by atoms with Crippen LogP contribution in [0.1, 0.15) is 0 Å². The van der Waals surface area contributed by atoms with Gasteiger partial charge in [0.25, 0.3) is 10.1 Å². The summed E-state index contributed by atoms with van der Waals surface area (Å²) < 4.78 is 36.6. The maximum absolute atomic E-state index is 12.1. The first-order chi connectivity index (χ1) is 10.4. The lowest BCUT2D eigenvalue weighted by molar-refractivity contribution is 0.181. The Bertz CT molecular complexity index is 863. The van der Waals surface area contributed by atoms with Crippen LogP contribution < -0.4 is 4.90 Å². The molecule has 0 aliphatic carbocycles. The Kier molecular flexibility index (Phi) is 3.59. The van der Waals surface area contributed by atoms with Crippen LogP contribution in [0.15, 0.2) is 57.2 Å². The molecule has 0 fully saturated rings. The first-order valence-electron chi connectivity index (χ1n) is 6.18. The van der Waals surface area contributed by atoms with Gasteiger partial charge in [0.05, 0.1) is 23.4 Å². The van der Waals surface area contributed by atoms with Gasteiger partial charge in [0.2, 0.25) is 0 Å². The fourth-order valence-electron chi connectivity index (χ4n) is 2.18. The van der Waals surface area contributed by atoms with E-state index in [-0.39, 0.29) is 4.90 Å². The van der Waals surface area contributed by atoms with E-state index in [2.05, 4.69) is 0 Å². The van der Waals surface area contributed by atoms with E-state index in [0.717, 1.165) is 4.90 Å². The predicted molar refractivity (Wildman–Crippen MR) is 81.4 cm³/mol. The van der Waals surface area contributed by atoms with E-state index in [1.807, 2.05) is 12.1 Å². The lowest BCUT2D eigenvalue weighted by Gasteiger charge is -2.30.